The van der Waals surface area contributed by atoms with Gasteiger partial charge < -0.3 is 11.1 Å². The summed E-state index contributed by atoms with van der Waals surface area (Å²) in [5.74, 6) is 1.06. The van der Waals surface area contributed by atoms with Gasteiger partial charge in [-0.2, -0.15) is 11.8 Å². The Morgan fingerprint density at radius 2 is 2.47 bits per heavy atom. The molecule has 0 saturated carbocycles. The predicted octanol–water partition coefficient (Wildman–Crippen LogP) is 1.37. The predicted molar refractivity (Wildman–Crippen MR) is 64.3 cm³/mol. The van der Waals surface area contributed by atoms with E-state index in [0.717, 1.165) is 5.75 Å². The normalized spacial score (nSPS) is 10.0. The molecular weight excluding hydrogens is 234 g/mol. The van der Waals surface area contributed by atoms with E-state index in [1.54, 1.807) is 18.3 Å². The average molecular weight is 246 g/mol. The number of hydrogen-bond donors (Lipinski definition) is 2. The minimum atomic E-state index is -0.0941. The van der Waals surface area contributed by atoms with E-state index in [1.165, 1.54) is 11.8 Å². The van der Waals surface area contributed by atoms with Gasteiger partial charge in [0.15, 0.2) is 5.15 Å². The number of carbonyl (C=O) groups is 1. The van der Waals surface area contributed by atoms with E-state index in [-0.39, 0.29) is 5.91 Å². The minimum Gasteiger partial charge on any atom is -0.330 e. The largest absolute Gasteiger partial charge is 0.330 e. The standard InChI is InChI=1S/C9H12ClN3OS/c10-9-7(2-1-4-12-9)13-8(14)6-15-5-3-11/h1-2,4H,3,5-6,11H2,(H,13,14). The second-order valence-electron chi connectivity index (χ2n) is 2.73. The number of rotatable bonds is 5. The maximum absolute atomic E-state index is 11.4. The van der Waals surface area contributed by atoms with Crippen LogP contribution in [0.25, 0.3) is 0 Å². The number of pyridine rings is 1. The van der Waals surface area contributed by atoms with Gasteiger partial charge in [0.2, 0.25) is 5.91 Å². The lowest BCUT2D eigenvalue weighted by atomic mass is 10.4. The third-order valence-corrected chi connectivity index (χ3v) is 2.82. The van der Waals surface area contributed by atoms with Crippen molar-refractivity contribution in [3.05, 3.63) is 23.5 Å². The maximum atomic E-state index is 11.4. The Kier molecular flexibility index (Phi) is 5.45. The van der Waals surface area contributed by atoms with Crippen molar-refractivity contribution in [2.45, 2.75) is 0 Å². The molecular formula is C9H12ClN3OS. The van der Waals surface area contributed by atoms with Crippen LogP contribution in [0.1, 0.15) is 0 Å². The van der Waals surface area contributed by atoms with Gasteiger partial charge in [0.25, 0.3) is 0 Å². The van der Waals surface area contributed by atoms with Gasteiger partial charge >= 0.3 is 0 Å². The Balaban J connectivity index is 2.41. The zero-order valence-corrected chi connectivity index (χ0v) is 9.64. The highest BCUT2D eigenvalue weighted by Gasteiger charge is 2.05. The number of thioether (sulfide) groups is 1. The molecule has 0 spiro atoms. The lowest BCUT2D eigenvalue weighted by molar-refractivity contribution is -0.113. The molecule has 1 aromatic rings. The summed E-state index contributed by atoms with van der Waals surface area (Å²) in [6.45, 7) is 0.575. The Labute approximate surface area is 97.6 Å². The number of nitrogens with zero attached hydrogens (tertiary/aromatic N) is 1. The maximum Gasteiger partial charge on any atom is 0.234 e. The van der Waals surface area contributed by atoms with Gasteiger partial charge in [-0.3, -0.25) is 4.79 Å². The van der Waals surface area contributed by atoms with Crippen molar-refractivity contribution >= 4 is 35.0 Å². The first kappa shape index (κ1) is 12.3. The Morgan fingerprint density at radius 3 is 3.13 bits per heavy atom. The number of carbonyl (C=O) groups excluding carboxylic acids is 1. The van der Waals surface area contributed by atoms with E-state index in [9.17, 15) is 4.79 Å². The molecule has 0 aliphatic rings. The smallest absolute Gasteiger partial charge is 0.234 e. The molecule has 1 aromatic heterocycles. The second kappa shape index (κ2) is 6.66. The van der Waals surface area contributed by atoms with Crippen molar-refractivity contribution in [3.8, 4) is 0 Å². The second-order valence-corrected chi connectivity index (χ2v) is 4.19. The summed E-state index contributed by atoms with van der Waals surface area (Å²) in [4.78, 5) is 15.2. The number of nitrogens with one attached hydrogen (secondary N) is 1. The van der Waals surface area contributed by atoms with E-state index < -0.39 is 0 Å². The van der Waals surface area contributed by atoms with Crippen LogP contribution in [-0.2, 0) is 4.79 Å². The fraction of sp³-hybridized carbons (Fsp3) is 0.333. The number of amides is 1. The Hall–Kier alpha value is -0.780. The van der Waals surface area contributed by atoms with Crippen LogP contribution in [0.15, 0.2) is 18.3 Å². The summed E-state index contributed by atoms with van der Waals surface area (Å²) in [5.41, 5.74) is 5.85. The molecule has 15 heavy (non-hydrogen) atoms. The quantitative estimate of drug-likeness (QED) is 0.607. The molecule has 1 heterocycles. The zero-order chi connectivity index (χ0) is 11.1. The minimum absolute atomic E-state index is 0.0941. The van der Waals surface area contributed by atoms with Gasteiger partial charge in [-0.15, -0.1) is 0 Å². The molecule has 3 N–H and O–H groups in total. The van der Waals surface area contributed by atoms with E-state index in [0.29, 0.717) is 23.1 Å². The number of nitrogens with two attached hydrogens (primary N) is 1. The van der Waals surface area contributed by atoms with Gasteiger partial charge in [-0.1, -0.05) is 11.6 Å². The van der Waals surface area contributed by atoms with Crippen LogP contribution in [-0.4, -0.2) is 28.9 Å². The van der Waals surface area contributed by atoms with Gasteiger partial charge in [0.1, 0.15) is 0 Å². The summed E-state index contributed by atoms with van der Waals surface area (Å²) < 4.78 is 0. The van der Waals surface area contributed by atoms with Gasteiger partial charge in [0, 0.05) is 18.5 Å². The number of anilines is 1. The van der Waals surface area contributed by atoms with Crippen molar-refractivity contribution in [1.29, 1.82) is 0 Å². The zero-order valence-electron chi connectivity index (χ0n) is 8.07. The molecule has 0 atom stereocenters. The highest BCUT2D eigenvalue weighted by Crippen LogP contribution is 2.17. The third kappa shape index (κ3) is 4.51. The van der Waals surface area contributed by atoms with Crippen LogP contribution in [0.4, 0.5) is 5.69 Å². The van der Waals surface area contributed by atoms with E-state index in [1.807, 2.05) is 0 Å². The first-order valence-electron chi connectivity index (χ1n) is 4.42. The highest BCUT2D eigenvalue weighted by atomic mass is 35.5. The van der Waals surface area contributed by atoms with Crippen molar-refractivity contribution in [3.63, 3.8) is 0 Å². The van der Waals surface area contributed by atoms with Crippen molar-refractivity contribution in [2.24, 2.45) is 5.73 Å². The molecule has 1 amide bonds. The summed E-state index contributed by atoms with van der Waals surface area (Å²) in [5, 5.41) is 2.97. The van der Waals surface area contributed by atoms with E-state index in [2.05, 4.69) is 10.3 Å². The van der Waals surface area contributed by atoms with Crippen LogP contribution < -0.4 is 11.1 Å². The van der Waals surface area contributed by atoms with Crippen molar-refractivity contribution in [1.82, 2.24) is 4.98 Å². The van der Waals surface area contributed by atoms with Crippen LogP contribution in [0.3, 0.4) is 0 Å². The van der Waals surface area contributed by atoms with Gasteiger partial charge in [-0.05, 0) is 12.1 Å². The molecule has 4 nitrogen and oxygen atoms in total. The molecule has 0 aliphatic carbocycles. The molecule has 0 bridgehead atoms. The summed E-state index contributed by atoms with van der Waals surface area (Å²) >= 11 is 7.26. The fourth-order valence-corrected chi connectivity index (χ4v) is 1.65. The third-order valence-electron chi connectivity index (χ3n) is 1.53. The Bertz CT molecular complexity index is 335. The van der Waals surface area contributed by atoms with Gasteiger partial charge in [0.05, 0.1) is 11.4 Å². The van der Waals surface area contributed by atoms with Crippen LogP contribution in [0.5, 0.6) is 0 Å². The summed E-state index contributed by atoms with van der Waals surface area (Å²) in [7, 11) is 0. The van der Waals surface area contributed by atoms with E-state index in [4.69, 9.17) is 17.3 Å². The lowest BCUT2D eigenvalue weighted by Crippen LogP contribution is -2.15. The highest BCUT2D eigenvalue weighted by molar-refractivity contribution is 7.99. The molecule has 0 radical (unpaired) electrons. The Morgan fingerprint density at radius 1 is 1.67 bits per heavy atom. The van der Waals surface area contributed by atoms with Crippen molar-refractivity contribution < 1.29 is 4.79 Å². The lowest BCUT2D eigenvalue weighted by Gasteiger charge is -2.05. The van der Waals surface area contributed by atoms with Gasteiger partial charge in [-0.25, -0.2) is 4.98 Å². The van der Waals surface area contributed by atoms with E-state index >= 15 is 0 Å². The van der Waals surface area contributed by atoms with Crippen molar-refractivity contribution in [2.75, 3.05) is 23.4 Å². The first-order chi connectivity index (χ1) is 7.24. The molecule has 0 aliphatic heterocycles. The van der Waals surface area contributed by atoms with Crippen LogP contribution in [0, 0.1) is 0 Å². The number of halogens is 1. The summed E-state index contributed by atoms with van der Waals surface area (Å²) in [6.07, 6.45) is 1.57. The SMILES string of the molecule is NCCSCC(=O)Nc1cccnc1Cl. The molecule has 0 fully saturated rings. The van der Waals surface area contributed by atoms with Crippen LogP contribution in [0.2, 0.25) is 5.15 Å². The first-order valence-corrected chi connectivity index (χ1v) is 5.95. The topological polar surface area (TPSA) is 68.0 Å². The fourth-order valence-electron chi connectivity index (χ4n) is 0.914. The molecule has 82 valence electrons. The molecule has 0 aromatic carbocycles. The molecule has 0 unspecified atom stereocenters. The number of hydrogen-bond acceptors (Lipinski definition) is 4. The monoisotopic (exact) mass is 245 g/mol. The molecule has 1 rings (SSSR count). The average Bonchev–Trinajstić information content (AvgIpc) is 2.22. The number of aromatic nitrogens is 1. The molecule has 6 heteroatoms. The summed E-state index contributed by atoms with van der Waals surface area (Å²) in [6, 6.07) is 3.43. The van der Waals surface area contributed by atoms with Crippen LogP contribution >= 0.6 is 23.4 Å². The molecule has 0 saturated heterocycles.